The van der Waals surface area contributed by atoms with Crippen molar-refractivity contribution in [1.82, 2.24) is 0 Å². The zero-order valence-corrected chi connectivity index (χ0v) is 16.6. The lowest BCUT2D eigenvalue weighted by molar-refractivity contribution is -0.115. The van der Waals surface area contributed by atoms with Crippen molar-refractivity contribution in [2.45, 2.75) is 30.4 Å². The van der Waals surface area contributed by atoms with E-state index < -0.39 is 0 Å². The molecule has 2 aromatic carbocycles. The average Bonchev–Trinajstić information content (AvgIpc) is 3.23. The van der Waals surface area contributed by atoms with E-state index in [1.165, 1.54) is 18.0 Å². The Hall–Kier alpha value is -2.99. The highest BCUT2D eigenvalue weighted by molar-refractivity contribution is 8.00. The van der Waals surface area contributed by atoms with Gasteiger partial charge in [0, 0.05) is 16.3 Å². The molecule has 3 rings (SSSR count). The van der Waals surface area contributed by atoms with E-state index in [2.05, 4.69) is 10.6 Å². The van der Waals surface area contributed by atoms with Crippen LogP contribution in [0.5, 0.6) is 0 Å². The third kappa shape index (κ3) is 5.04. The maximum Gasteiger partial charge on any atom is 0.291 e. The topological polar surface area (TPSA) is 71.3 Å². The molecule has 1 unspecified atom stereocenters. The van der Waals surface area contributed by atoms with Crippen LogP contribution < -0.4 is 10.6 Å². The number of rotatable bonds is 7. The Morgan fingerprint density at radius 1 is 1.04 bits per heavy atom. The Balaban J connectivity index is 1.66. The molecule has 28 heavy (non-hydrogen) atoms. The van der Waals surface area contributed by atoms with Gasteiger partial charge in [-0.25, -0.2) is 0 Å². The molecule has 0 bridgehead atoms. The van der Waals surface area contributed by atoms with Gasteiger partial charge in [0.05, 0.1) is 11.5 Å². The minimum Gasteiger partial charge on any atom is -0.459 e. The predicted octanol–water partition coefficient (Wildman–Crippen LogP) is 5.35. The van der Waals surface area contributed by atoms with Gasteiger partial charge in [-0.3, -0.25) is 9.59 Å². The number of hydrogen-bond donors (Lipinski definition) is 2. The second-order valence-corrected chi connectivity index (χ2v) is 7.55. The molecule has 0 aliphatic carbocycles. The molecule has 2 N–H and O–H groups in total. The van der Waals surface area contributed by atoms with Crippen LogP contribution in [0.1, 0.15) is 29.5 Å². The number of aryl methyl sites for hydroxylation is 1. The Labute approximate surface area is 168 Å². The molecule has 5 nitrogen and oxygen atoms in total. The summed E-state index contributed by atoms with van der Waals surface area (Å²) in [7, 11) is 0. The van der Waals surface area contributed by atoms with Crippen molar-refractivity contribution in [1.29, 1.82) is 0 Å². The van der Waals surface area contributed by atoms with Gasteiger partial charge in [-0.15, -0.1) is 11.8 Å². The fourth-order valence-corrected chi connectivity index (χ4v) is 3.67. The van der Waals surface area contributed by atoms with Crippen molar-refractivity contribution >= 4 is 35.0 Å². The lowest BCUT2D eigenvalue weighted by Crippen LogP contribution is -2.24. The van der Waals surface area contributed by atoms with E-state index in [4.69, 9.17) is 4.42 Å². The molecule has 1 atom stereocenters. The van der Waals surface area contributed by atoms with Gasteiger partial charge in [0.15, 0.2) is 5.76 Å². The van der Waals surface area contributed by atoms with Crippen LogP contribution in [0.25, 0.3) is 0 Å². The van der Waals surface area contributed by atoms with E-state index in [0.717, 1.165) is 16.1 Å². The Kier molecular flexibility index (Phi) is 6.55. The molecule has 144 valence electrons. The van der Waals surface area contributed by atoms with E-state index in [-0.39, 0.29) is 22.8 Å². The second-order valence-electron chi connectivity index (χ2n) is 6.28. The van der Waals surface area contributed by atoms with Crippen LogP contribution in [-0.2, 0) is 4.79 Å². The average molecular weight is 394 g/mol. The number of furan rings is 1. The SMILES string of the molecule is CCC(Sc1cccc(NC(=O)c2ccco2)c1)C(=O)Nc1ccccc1C. The first kappa shape index (κ1) is 19.8. The number of anilines is 2. The molecular formula is C22H22N2O3S. The molecule has 2 amide bonds. The van der Waals surface area contributed by atoms with Gasteiger partial charge in [-0.1, -0.05) is 31.2 Å². The number of amides is 2. The normalized spacial score (nSPS) is 11.6. The summed E-state index contributed by atoms with van der Waals surface area (Å²) in [6.45, 7) is 3.95. The Morgan fingerprint density at radius 2 is 1.86 bits per heavy atom. The maximum atomic E-state index is 12.7. The number of para-hydroxylation sites is 1. The van der Waals surface area contributed by atoms with Crippen LogP contribution in [0.3, 0.4) is 0 Å². The molecule has 0 saturated carbocycles. The first-order valence-corrected chi connectivity index (χ1v) is 9.93. The van der Waals surface area contributed by atoms with Crippen LogP contribution in [0.15, 0.2) is 76.2 Å². The van der Waals surface area contributed by atoms with E-state index >= 15 is 0 Å². The molecule has 0 aliphatic rings. The number of thioether (sulfide) groups is 1. The highest BCUT2D eigenvalue weighted by atomic mass is 32.2. The zero-order valence-electron chi connectivity index (χ0n) is 15.8. The van der Waals surface area contributed by atoms with Crippen LogP contribution in [-0.4, -0.2) is 17.1 Å². The number of hydrogen-bond acceptors (Lipinski definition) is 4. The van der Waals surface area contributed by atoms with E-state index in [1.54, 1.807) is 18.2 Å². The summed E-state index contributed by atoms with van der Waals surface area (Å²) >= 11 is 1.47. The zero-order chi connectivity index (χ0) is 19.9. The van der Waals surface area contributed by atoms with Crippen LogP contribution in [0.2, 0.25) is 0 Å². The van der Waals surface area contributed by atoms with E-state index in [1.807, 2.05) is 56.3 Å². The molecule has 0 spiro atoms. The molecular weight excluding hydrogens is 372 g/mol. The van der Waals surface area contributed by atoms with Crippen molar-refractivity contribution < 1.29 is 14.0 Å². The van der Waals surface area contributed by atoms with E-state index in [0.29, 0.717) is 12.1 Å². The van der Waals surface area contributed by atoms with Gasteiger partial charge in [-0.2, -0.15) is 0 Å². The minimum absolute atomic E-state index is 0.0353. The molecule has 1 heterocycles. The van der Waals surface area contributed by atoms with Gasteiger partial charge in [0.25, 0.3) is 5.91 Å². The van der Waals surface area contributed by atoms with Gasteiger partial charge >= 0.3 is 0 Å². The molecule has 3 aromatic rings. The molecule has 0 saturated heterocycles. The summed E-state index contributed by atoms with van der Waals surface area (Å²) in [6.07, 6.45) is 2.14. The van der Waals surface area contributed by atoms with Gasteiger partial charge in [-0.05, 0) is 55.3 Å². The third-order valence-corrected chi connectivity index (χ3v) is 5.54. The van der Waals surface area contributed by atoms with Gasteiger partial charge in [0.1, 0.15) is 0 Å². The summed E-state index contributed by atoms with van der Waals surface area (Å²) in [5.74, 6) is -0.0922. The lowest BCUT2D eigenvalue weighted by atomic mass is 10.2. The van der Waals surface area contributed by atoms with Crippen molar-refractivity contribution in [3.05, 3.63) is 78.3 Å². The number of carbonyl (C=O) groups excluding carboxylic acids is 2. The van der Waals surface area contributed by atoms with Crippen LogP contribution >= 0.6 is 11.8 Å². The lowest BCUT2D eigenvalue weighted by Gasteiger charge is -2.16. The smallest absolute Gasteiger partial charge is 0.291 e. The van der Waals surface area contributed by atoms with Crippen molar-refractivity contribution in [3.63, 3.8) is 0 Å². The second kappa shape index (κ2) is 9.28. The molecule has 0 aliphatic heterocycles. The number of nitrogens with one attached hydrogen (secondary N) is 2. The standard InChI is InChI=1S/C22H22N2O3S/c1-3-20(22(26)24-18-11-5-4-8-15(18)2)28-17-10-6-9-16(14-17)23-21(25)19-12-7-13-27-19/h4-14,20H,3H2,1-2H3,(H,23,25)(H,24,26). The van der Waals surface area contributed by atoms with Gasteiger partial charge in [0.2, 0.25) is 5.91 Å². The summed E-state index contributed by atoms with van der Waals surface area (Å²) in [5.41, 5.74) is 2.50. The first-order valence-electron chi connectivity index (χ1n) is 9.05. The first-order chi connectivity index (χ1) is 13.6. The molecule has 6 heteroatoms. The number of carbonyl (C=O) groups is 2. The van der Waals surface area contributed by atoms with Crippen molar-refractivity contribution in [3.8, 4) is 0 Å². The van der Waals surface area contributed by atoms with Crippen molar-refractivity contribution in [2.75, 3.05) is 10.6 Å². The molecule has 0 fully saturated rings. The highest BCUT2D eigenvalue weighted by Crippen LogP contribution is 2.29. The van der Waals surface area contributed by atoms with E-state index in [9.17, 15) is 9.59 Å². The fourth-order valence-electron chi connectivity index (χ4n) is 2.66. The monoisotopic (exact) mass is 394 g/mol. The summed E-state index contributed by atoms with van der Waals surface area (Å²) < 4.78 is 5.11. The maximum absolute atomic E-state index is 12.7. The molecule has 0 radical (unpaired) electrons. The Bertz CT molecular complexity index is 954. The number of benzene rings is 2. The minimum atomic E-state index is -0.309. The summed E-state index contributed by atoms with van der Waals surface area (Å²) in [5, 5.41) is 5.57. The Morgan fingerprint density at radius 3 is 2.57 bits per heavy atom. The molecule has 1 aromatic heterocycles. The predicted molar refractivity (Wildman–Crippen MR) is 113 cm³/mol. The quantitative estimate of drug-likeness (QED) is 0.530. The largest absolute Gasteiger partial charge is 0.459 e. The van der Waals surface area contributed by atoms with Crippen molar-refractivity contribution in [2.24, 2.45) is 0 Å². The highest BCUT2D eigenvalue weighted by Gasteiger charge is 2.19. The fraction of sp³-hybridized carbons (Fsp3) is 0.182. The third-order valence-electron chi connectivity index (χ3n) is 4.18. The van der Waals surface area contributed by atoms with Crippen LogP contribution in [0, 0.1) is 6.92 Å². The van der Waals surface area contributed by atoms with Crippen LogP contribution in [0.4, 0.5) is 11.4 Å². The summed E-state index contributed by atoms with van der Waals surface area (Å²) in [6, 6.07) is 18.4. The summed E-state index contributed by atoms with van der Waals surface area (Å²) in [4.78, 5) is 25.7. The van der Waals surface area contributed by atoms with Gasteiger partial charge < -0.3 is 15.1 Å².